The molecule has 0 heterocycles. The average Bonchev–Trinajstić information content (AvgIpc) is 2.53. The Balaban J connectivity index is 2.42. The number of hydrogen-bond acceptors (Lipinski definition) is 2. The van der Waals surface area contributed by atoms with Crippen LogP contribution >= 0.6 is 0 Å². The molecule has 0 atom stereocenters. The Bertz CT molecular complexity index is 247. The van der Waals surface area contributed by atoms with Gasteiger partial charge >= 0.3 is 0 Å². The van der Waals surface area contributed by atoms with Gasteiger partial charge in [-0.05, 0) is 43.9 Å². The number of rotatable bonds is 1. The first-order valence-electron chi connectivity index (χ1n) is 5.24. The van der Waals surface area contributed by atoms with Crippen LogP contribution in [-0.2, 0) is 0 Å². The minimum atomic E-state index is 0.215. The lowest BCUT2D eigenvalue weighted by molar-refractivity contribution is 0.197. The number of nitrogens with zero attached hydrogens (tertiary/aromatic N) is 1. The molecule has 2 aliphatic carbocycles. The highest BCUT2D eigenvalue weighted by atomic mass is 16.4. The van der Waals surface area contributed by atoms with Gasteiger partial charge in [-0.15, -0.1) is 0 Å². The summed E-state index contributed by atoms with van der Waals surface area (Å²) in [5.41, 5.74) is 1.52. The molecule has 2 saturated carbocycles. The highest BCUT2D eigenvalue weighted by Gasteiger charge is 2.60. The lowest BCUT2D eigenvalue weighted by Crippen LogP contribution is -2.36. The monoisotopic (exact) mass is 181 g/mol. The fraction of sp³-hybridized carbons (Fsp3) is 0.909. The van der Waals surface area contributed by atoms with Crippen LogP contribution in [0.4, 0.5) is 0 Å². The number of hydrogen-bond donors (Lipinski definition) is 1. The third-order valence-corrected chi connectivity index (χ3v) is 4.94. The normalized spacial score (nSPS) is 42.7. The van der Waals surface area contributed by atoms with Crippen LogP contribution in [0.2, 0.25) is 0 Å². The van der Waals surface area contributed by atoms with Gasteiger partial charge in [0.2, 0.25) is 0 Å². The van der Waals surface area contributed by atoms with Gasteiger partial charge in [0.05, 0.1) is 5.71 Å². The molecule has 2 aliphatic rings. The van der Waals surface area contributed by atoms with E-state index in [1.165, 1.54) is 25.7 Å². The van der Waals surface area contributed by atoms with Crippen LogP contribution in [-0.4, -0.2) is 10.9 Å². The molecule has 2 heteroatoms. The largest absolute Gasteiger partial charge is 0.411 e. The minimum absolute atomic E-state index is 0.215. The van der Waals surface area contributed by atoms with Gasteiger partial charge in [0.15, 0.2) is 0 Å². The molecule has 13 heavy (non-hydrogen) atoms. The average molecular weight is 181 g/mol. The molecule has 0 radical (unpaired) electrons. The van der Waals surface area contributed by atoms with Crippen molar-refractivity contribution in [1.29, 1.82) is 0 Å². The molecule has 2 nitrogen and oxygen atoms in total. The first kappa shape index (κ1) is 9.04. The second kappa shape index (κ2) is 2.49. The number of fused-ring (bicyclic) bond motifs is 2. The van der Waals surface area contributed by atoms with Gasteiger partial charge < -0.3 is 5.21 Å². The second-order valence-electron chi connectivity index (χ2n) is 5.26. The quantitative estimate of drug-likeness (QED) is 0.376. The molecule has 0 aromatic carbocycles. The van der Waals surface area contributed by atoms with Gasteiger partial charge in [0.25, 0.3) is 0 Å². The highest BCUT2D eigenvalue weighted by Crippen LogP contribution is 2.66. The van der Waals surface area contributed by atoms with Gasteiger partial charge in [-0.3, -0.25) is 0 Å². The SMILES string of the molecule is CC(=NO)C12CCC(CC1)C2(C)C. The van der Waals surface area contributed by atoms with E-state index in [-0.39, 0.29) is 5.41 Å². The predicted molar refractivity (Wildman–Crippen MR) is 53.1 cm³/mol. The zero-order valence-corrected chi connectivity index (χ0v) is 8.80. The Kier molecular flexibility index (Phi) is 1.73. The molecule has 74 valence electrons. The van der Waals surface area contributed by atoms with E-state index in [9.17, 15) is 0 Å². The molecule has 2 bridgehead atoms. The Morgan fingerprint density at radius 1 is 1.31 bits per heavy atom. The standard InChI is InChI=1S/C11H19NO/c1-8(12-13)11-6-4-9(5-7-11)10(11,2)3/h9,13H,4-7H2,1-3H3. The molecule has 0 aromatic rings. The van der Waals surface area contributed by atoms with Gasteiger partial charge in [-0.1, -0.05) is 19.0 Å². The third kappa shape index (κ3) is 0.866. The van der Waals surface area contributed by atoms with Crippen LogP contribution in [0.5, 0.6) is 0 Å². The predicted octanol–water partition coefficient (Wildman–Crippen LogP) is 3.05. The van der Waals surface area contributed by atoms with E-state index in [0.29, 0.717) is 5.41 Å². The van der Waals surface area contributed by atoms with Crippen molar-refractivity contribution in [3.63, 3.8) is 0 Å². The van der Waals surface area contributed by atoms with E-state index < -0.39 is 0 Å². The van der Waals surface area contributed by atoms with Crippen molar-refractivity contribution < 1.29 is 5.21 Å². The first-order chi connectivity index (χ1) is 6.04. The fourth-order valence-electron chi connectivity index (χ4n) is 3.79. The maximum atomic E-state index is 8.93. The molecule has 2 rings (SSSR count). The fourth-order valence-corrected chi connectivity index (χ4v) is 3.79. The van der Waals surface area contributed by atoms with Crippen LogP contribution in [0, 0.1) is 16.7 Å². The summed E-state index contributed by atoms with van der Waals surface area (Å²) in [6.45, 7) is 6.66. The van der Waals surface area contributed by atoms with E-state index >= 15 is 0 Å². The molecule has 0 saturated heterocycles. The molecular weight excluding hydrogens is 162 g/mol. The Morgan fingerprint density at radius 3 is 2.15 bits per heavy atom. The molecule has 0 aliphatic heterocycles. The second-order valence-corrected chi connectivity index (χ2v) is 5.26. The van der Waals surface area contributed by atoms with Crippen LogP contribution in [0.1, 0.15) is 46.5 Å². The molecule has 0 spiro atoms. The van der Waals surface area contributed by atoms with E-state index in [1.807, 2.05) is 6.92 Å². The lowest BCUT2D eigenvalue weighted by atomic mass is 9.67. The molecular formula is C11H19NO. The molecule has 0 amide bonds. The third-order valence-electron chi connectivity index (χ3n) is 4.94. The zero-order chi connectivity index (χ0) is 9.69. The highest BCUT2D eigenvalue weighted by molar-refractivity contribution is 5.89. The van der Waals surface area contributed by atoms with Crippen LogP contribution in [0.25, 0.3) is 0 Å². The van der Waals surface area contributed by atoms with Crippen molar-refractivity contribution in [2.45, 2.75) is 46.5 Å². The summed E-state index contributed by atoms with van der Waals surface area (Å²) >= 11 is 0. The molecule has 0 unspecified atom stereocenters. The molecule has 1 N–H and O–H groups in total. The summed E-state index contributed by atoms with van der Waals surface area (Å²) in [6, 6.07) is 0. The van der Waals surface area contributed by atoms with Gasteiger partial charge in [-0.25, -0.2) is 0 Å². The van der Waals surface area contributed by atoms with Crippen LogP contribution in [0.15, 0.2) is 5.16 Å². The maximum absolute atomic E-state index is 8.93. The Labute approximate surface area is 80.0 Å². The van der Waals surface area contributed by atoms with Crippen molar-refractivity contribution >= 4 is 5.71 Å². The summed E-state index contributed by atoms with van der Waals surface area (Å²) in [5.74, 6) is 0.851. The topological polar surface area (TPSA) is 32.6 Å². The van der Waals surface area contributed by atoms with Crippen molar-refractivity contribution in [3.8, 4) is 0 Å². The molecule has 2 fully saturated rings. The zero-order valence-electron chi connectivity index (χ0n) is 8.80. The first-order valence-corrected chi connectivity index (χ1v) is 5.24. The van der Waals surface area contributed by atoms with Gasteiger partial charge in [-0.2, -0.15) is 0 Å². The van der Waals surface area contributed by atoms with Crippen LogP contribution < -0.4 is 0 Å². The van der Waals surface area contributed by atoms with Gasteiger partial charge in [0, 0.05) is 5.41 Å². The van der Waals surface area contributed by atoms with E-state index in [2.05, 4.69) is 19.0 Å². The van der Waals surface area contributed by atoms with Gasteiger partial charge in [0.1, 0.15) is 0 Å². The van der Waals surface area contributed by atoms with E-state index in [4.69, 9.17) is 5.21 Å². The van der Waals surface area contributed by atoms with E-state index in [1.54, 1.807) is 0 Å². The summed E-state index contributed by atoms with van der Waals surface area (Å²) in [5, 5.41) is 12.4. The summed E-state index contributed by atoms with van der Waals surface area (Å²) in [4.78, 5) is 0. The lowest BCUT2D eigenvalue weighted by Gasteiger charge is -2.37. The van der Waals surface area contributed by atoms with Crippen molar-refractivity contribution in [3.05, 3.63) is 0 Å². The van der Waals surface area contributed by atoms with Crippen LogP contribution in [0.3, 0.4) is 0 Å². The molecule has 0 aromatic heterocycles. The minimum Gasteiger partial charge on any atom is -0.411 e. The smallest absolute Gasteiger partial charge is 0.0606 e. The summed E-state index contributed by atoms with van der Waals surface area (Å²) in [7, 11) is 0. The van der Waals surface area contributed by atoms with Crippen molar-refractivity contribution in [2.75, 3.05) is 0 Å². The van der Waals surface area contributed by atoms with Crippen molar-refractivity contribution in [2.24, 2.45) is 21.9 Å². The summed E-state index contributed by atoms with van der Waals surface area (Å²) in [6.07, 6.45) is 5.08. The summed E-state index contributed by atoms with van der Waals surface area (Å²) < 4.78 is 0. The van der Waals surface area contributed by atoms with Crippen molar-refractivity contribution in [1.82, 2.24) is 0 Å². The Hall–Kier alpha value is -0.530. The maximum Gasteiger partial charge on any atom is 0.0606 e. The number of oxime groups is 1. The van der Waals surface area contributed by atoms with E-state index in [0.717, 1.165) is 11.6 Å². The Morgan fingerprint density at radius 2 is 1.85 bits per heavy atom.